The fraction of sp³-hybridized carbons (Fsp3) is 0.345. The number of methoxy groups -OCH3 is 2. The van der Waals surface area contributed by atoms with Crippen LogP contribution < -0.4 is 9.47 Å². The number of carbonyl (C=O) groups is 2. The molecule has 2 saturated heterocycles. The molecule has 204 valence electrons. The third-order valence-electron chi connectivity index (χ3n) is 7.29. The molecule has 0 saturated carbocycles. The molecule has 1 atom stereocenters. The molecule has 0 aliphatic carbocycles. The number of nitrogens with zero attached hydrogens (tertiary/aromatic N) is 4. The Balaban J connectivity index is 1.59. The van der Waals surface area contributed by atoms with Gasteiger partial charge in [0, 0.05) is 26.2 Å². The molecule has 0 spiro atoms. The minimum absolute atomic E-state index is 0.0184. The first kappa shape index (κ1) is 26.5. The van der Waals surface area contributed by atoms with E-state index in [1.165, 1.54) is 18.2 Å². The van der Waals surface area contributed by atoms with Crippen LogP contribution in [0.15, 0.2) is 60.3 Å². The largest absolute Gasteiger partial charge is 0.507 e. The van der Waals surface area contributed by atoms with Crippen LogP contribution in [0.25, 0.3) is 11.4 Å². The second-order valence-corrected chi connectivity index (χ2v) is 9.45. The number of hydrogen-bond acceptors (Lipinski definition) is 8. The maximum Gasteiger partial charge on any atom is 0.295 e. The standard InChI is InChI=1S/C29H32N4O6/c1-19-22(18-30-33(19)21-7-5-4-6-8-21)27(34)25-26(20-9-10-23(37-2)24(17-20)38-3)32(29(36)28(25)35)12-11-31-13-15-39-16-14-31/h4-10,17-18,26,34H,11-16H2,1-3H3/t26-/m0/s1. The summed E-state index contributed by atoms with van der Waals surface area (Å²) in [5, 5.41) is 16.0. The van der Waals surface area contributed by atoms with E-state index in [1.807, 2.05) is 37.3 Å². The van der Waals surface area contributed by atoms with Gasteiger partial charge in [0.2, 0.25) is 0 Å². The van der Waals surface area contributed by atoms with Gasteiger partial charge in [-0.2, -0.15) is 5.10 Å². The molecule has 3 aromatic rings. The molecule has 0 unspecified atom stereocenters. The molecule has 1 N–H and O–H groups in total. The van der Waals surface area contributed by atoms with Gasteiger partial charge >= 0.3 is 0 Å². The van der Waals surface area contributed by atoms with Crippen molar-refractivity contribution in [1.82, 2.24) is 19.6 Å². The highest BCUT2D eigenvalue weighted by atomic mass is 16.5. The van der Waals surface area contributed by atoms with Crippen LogP contribution in [-0.4, -0.2) is 90.0 Å². The SMILES string of the molecule is COc1ccc([C@H]2C(=C(O)c3cnn(-c4ccccc4)c3C)C(=O)C(=O)N2CCN2CCOCC2)cc1OC. The molecule has 10 nitrogen and oxygen atoms in total. The van der Waals surface area contributed by atoms with Gasteiger partial charge in [0.15, 0.2) is 11.5 Å². The van der Waals surface area contributed by atoms with E-state index in [4.69, 9.17) is 14.2 Å². The fourth-order valence-electron chi connectivity index (χ4n) is 5.17. The Kier molecular flexibility index (Phi) is 7.67. The Morgan fingerprint density at radius 2 is 1.74 bits per heavy atom. The molecule has 39 heavy (non-hydrogen) atoms. The van der Waals surface area contributed by atoms with E-state index in [0.717, 1.165) is 18.8 Å². The molecule has 0 bridgehead atoms. The van der Waals surface area contributed by atoms with E-state index in [2.05, 4.69) is 10.00 Å². The number of para-hydroxylation sites is 1. The number of carbonyl (C=O) groups excluding carboxylic acids is 2. The Morgan fingerprint density at radius 1 is 1.03 bits per heavy atom. The predicted molar refractivity (Wildman–Crippen MR) is 144 cm³/mol. The second-order valence-electron chi connectivity index (χ2n) is 9.45. The second kappa shape index (κ2) is 11.3. The topological polar surface area (TPSA) is 106 Å². The van der Waals surface area contributed by atoms with Crippen LogP contribution in [-0.2, 0) is 14.3 Å². The monoisotopic (exact) mass is 532 g/mol. The third kappa shape index (κ3) is 5.00. The van der Waals surface area contributed by atoms with Crippen molar-refractivity contribution in [2.75, 3.05) is 53.6 Å². The summed E-state index contributed by atoms with van der Waals surface area (Å²) < 4.78 is 18.0. The number of amides is 1. The van der Waals surface area contributed by atoms with E-state index in [9.17, 15) is 14.7 Å². The number of aliphatic hydroxyl groups excluding tert-OH is 1. The van der Waals surface area contributed by atoms with Crippen LogP contribution in [0.5, 0.6) is 11.5 Å². The van der Waals surface area contributed by atoms with Crippen molar-refractivity contribution < 1.29 is 28.9 Å². The third-order valence-corrected chi connectivity index (χ3v) is 7.29. The number of morpholine rings is 1. The summed E-state index contributed by atoms with van der Waals surface area (Å²) >= 11 is 0. The zero-order valence-electron chi connectivity index (χ0n) is 22.3. The molecule has 1 amide bonds. The normalized spacial score (nSPS) is 19.5. The van der Waals surface area contributed by atoms with Crippen LogP contribution in [0, 0.1) is 6.92 Å². The smallest absolute Gasteiger partial charge is 0.295 e. The fourth-order valence-corrected chi connectivity index (χ4v) is 5.17. The summed E-state index contributed by atoms with van der Waals surface area (Å²) in [4.78, 5) is 30.6. The zero-order chi connectivity index (χ0) is 27.5. The van der Waals surface area contributed by atoms with Gasteiger partial charge in [-0.05, 0) is 36.8 Å². The number of aromatic nitrogens is 2. The first-order valence-corrected chi connectivity index (χ1v) is 12.9. The van der Waals surface area contributed by atoms with Crippen molar-refractivity contribution in [1.29, 1.82) is 0 Å². The average molecular weight is 533 g/mol. The molecular weight excluding hydrogens is 500 g/mol. The van der Waals surface area contributed by atoms with Crippen LogP contribution in [0.4, 0.5) is 0 Å². The Bertz CT molecular complexity index is 1390. The van der Waals surface area contributed by atoms with Crippen molar-refractivity contribution in [3.63, 3.8) is 0 Å². The van der Waals surface area contributed by atoms with Gasteiger partial charge in [-0.1, -0.05) is 24.3 Å². The van der Waals surface area contributed by atoms with Crippen LogP contribution in [0.1, 0.15) is 22.9 Å². The molecular formula is C29H32N4O6. The average Bonchev–Trinajstić information content (AvgIpc) is 3.48. The van der Waals surface area contributed by atoms with Crippen molar-refractivity contribution >= 4 is 17.4 Å². The number of ketones is 1. The summed E-state index contributed by atoms with van der Waals surface area (Å²) in [7, 11) is 3.07. The zero-order valence-corrected chi connectivity index (χ0v) is 22.3. The summed E-state index contributed by atoms with van der Waals surface area (Å²) in [5.74, 6) is -0.672. The Labute approximate surface area is 227 Å². The minimum Gasteiger partial charge on any atom is -0.507 e. The summed E-state index contributed by atoms with van der Waals surface area (Å²) in [5.41, 5.74) is 2.49. The number of aliphatic hydroxyl groups is 1. The first-order chi connectivity index (χ1) is 18.9. The lowest BCUT2D eigenvalue weighted by molar-refractivity contribution is -0.140. The van der Waals surface area contributed by atoms with Crippen LogP contribution in [0.3, 0.4) is 0 Å². The van der Waals surface area contributed by atoms with Gasteiger partial charge in [-0.15, -0.1) is 0 Å². The van der Waals surface area contributed by atoms with Gasteiger partial charge in [-0.3, -0.25) is 14.5 Å². The number of likely N-dealkylation sites (tertiary alicyclic amines) is 1. The van der Waals surface area contributed by atoms with Crippen molar-refractivity contribution in [3.05, 3.63) is 77.1 Å². The maximum atomic E-state index is 13.5. The molecule has 0 radical (unpaired) electrons. The molecule has 1 aromatic heterocycles. The van der Waals surface area contributed by atoms with E-state index in [0.29, 0.717) is 54.6 Å². The highest BCUT2D eigenvalue weighted by molar-refractivity contribution is 6.46. The molecule has 2 aliphatic rings. The van der Waals surface area contributed by atoms with Crippen molar-refractivity contribution in [2.45, 2.75) is 13.0 Å². The van der Waals surface area contributed by atoms with Crippen molar-refractivity contribution in [2.24, 2.45) is 0 Å². The Hall–Kier alpha value is -4.15. The number of benzene rings is 2. The van der Waals surface area contributed by atoms with Gasteiger partial charge in [0.1, 0.15) is 5.76 Å². The van der Waals surface area contributed by atoms with Gasteiger partial charge < -0.3 is 24.2 Å². The van der Waals surface area contributed by atoms with E-state index >= 15 is 0 Å². The predicted octanol–water partition coefficient (Wildman–Crippen LogP) is 2.95. The molecule has 3 heterocycles. The first-order valence-electron chi connectivity index (χ1n) is 12.9. The highest BCUT2D eigenvalue weighted by Gasteiger charge is 2.46. The maximum absolute atomic E-state index is 13.5. The number of hydrogen-bond donors (Lipinski definition) is 1. The van der Waals surface area contributed by atoms with Gasteiger partial charge in [0.05, 0.1) is 62.2 Å². The summed E-state index contributed by atoms with van der Waals surface area (Å²) in [6.07, 6.45) is 1.52. The van der Waals surface area contributed by atoms with Gasteiger partial charge in [-0.25, -0.2) is 4.68 Å². The van der Waals surface area contributed by atoms with Crippen LogP contribution >= 0.6 is 0 Å². The summed E-state index contributed by atoms with van der Waals surface area (Å²) in [6, 6.07) is 13.9. The minimum atomic E-state index is -0.815. The lowest BCUT2D eigenvalue weighted by Gasteiger charge is -2.31. The quantitative estimate of drug-likeness (QED) is 0.268. The molecule has 10 heteroatoms. The van der Waals surface area contributed by atoms with Crippen molar-refractivity contribution in [3.8, 4) is 17.2 Å². The number of ether oxygens (including phenoxy) is 3. The lowest BCUT2D eigenvalue weighted by Crippen LogP contribution is -2.42. The van der Waals surface area contributed by atoms with Gasteiger partial charge in [0.25, 0.3) is 11.7 Å². The van der Waals surface area contributed by atoms with Crippen LogP contribution in [0.2, 0.25) is 0 Å². The Morgan fingerprint density at radius 3 is 2.44 bits per heavy atom. The summed E-state index contributed by atoms with van der Waals surface area (Å²) in [6.45, 7) is 5.46. The van der Waals surface area contributed by atoms with E-state index in [1.54, 1.807) is 30.0 Å². The van der Waals surface area contributed by atoms with E-state index in [-0.39, 0.29) is 11.3 Å². The molecule has 2 aromatic carbocycles. The van der Waals surface area contributed by atoms with E-state index < -0.39 is 17.7 Å². The molecule has 5 rings (SSSR count). The number of rotatable bonds is 8. The number of Topliss-reactive ketones (excluding diaryl/α,β-unsaturated/α-hetero) is 1. The highest BCUT2D eigenvalue weighted by Crippen LogP contribution is 2.42. The molecule has 2 aliphatic heterocycles. The lowest BCUT2D eigenvalue weighted by atomic mass is 9.95. The molecule has 2 fully saturated rings.